The van der Waals surface area contributed by atoms with Crippen LogP contribution in [0.5, 0.6) is 0 Å². The summed E-state index contributed by atoms with van der Waals surface area (Å²) in [6.45, 7) is 5.94. The number of hydrogen-bond donors (Lipinski definition) is 0. The van der Waals surface area contributed by atoms with Gasteiger partial charge in [0.2, 0.25) is 5.91 Å². The second kappa shape index (κ2) is 5.48. The predicted octanol–water partition coefficient (Wildman–Crippen LogP) is 3.45. The molecule has 0 aliphatic rings. The topological polar surface area (TPSA) is 20.3 Å². The predicted molar refractivity (Wildman–Crippen MR) is 76.9 cm³/mol. The molecule has 0 bridgehead atoms. The molecule has 0 fully saturated rings. The lowest BCUT2D eigenvalue weighted by molar-refractivity contribution is -0.113. The zero-order chi connectivity index (χ0) is 12.3. The maximum Gasteiger partial charge on any atom is 0.250 e. The van der Waals surface area contributed by atoms with Gasteiger partial charge in [0.25, 0.3) is 0 Å². The fourth-order valence-corrected chi connectivity index (χ4v) is 2.98. The van der Waals surface area contributed by atoms with Crippen LogP contribution in [0.25, 0.3) is 0 Å². The van der Waals surface area contributed by atoms with Gasteiger partial charge in [-0.05, 0) is 66.6 Å². The van der Waals surface area contributed by atoms with Crippen LogP contribution < -0.4 is 4.90 Å². The number of aryl methyl sites for hydroxylation is 2. The van der Waals surface area contributed by atoms with Gasteiger partial charge in [0.15, 0.2) is 0 Å². The Bertz CT molecular complexity index is 415. The molecule has 0 spiro atoms. The van der Waals surface area contributed by atoms with E-state index < -0.39 is 0 Å². The maximum absolute atomic E-state index is 11.8. The number of nitrogens with zero attached hydrogens (tertiary/aromatic N) is 1. The van der Waals surface area contributed by atoms with Gasteiger partial charge in [-0.15, -0.1) is 0 Å². The molecule has 3 heteroatoms. The number of likely N-dealkylation sites (N-methyl/N-ethyl adjacent to an activating group) is 1. The van der Waals surface area contributed by atoms with Crippen LogP contribution in [0.15, 0.2) is 24.3 Å². The summed E-state index contributed by atoms with van der Waals surface area (Å²) in [5.74, 6) is 0.00682. The molecule has 16 heavy (non-hydrogen) atoms. The van der Waals surface area contributed by atoms with Gasteiger partial charge < -0.3 is 4.90 Å². The van der Waals surface area contributed by atoms with E-state index in [4.69, 9.17) is 0 Å². The summed E-state index contributed by atoms with van der Waals surface area (Å²) in [5, 5.41) is 0. The van der Waals surface area contributed by atoms with Crippen molar-refractivity contribution >= 4 is 34.2 Å². The number of rotatable bonds is 2. The van der Waals surface area contributed by atoms with E-state index >= 15 is 0 Å². The quantitative estimate of drug-likeness (QED) is 0.601. The van der Waals surface area contributed by atoms with Crippen molar-refractivity contribution in [2.24, 2.45) is 0 Å². The summed E-state index contributed by atoms with van der Waals surface area (Å²) in [6, 6.07) is 4.18. The molecule has 1 aromatic carbocycles. The molecular formula is C13H16INO. The zero-order valence-corrected chi connectivity index (χ0v) is 12.2. The van der Waals surface area contributed by atoms with Gasteiger partial charge in [-0.25, -0.2) is 0 Å². The lowest BCUT2D eigenvalue weighted by Gasteiger charge is -2.20. The monoisotopic (exact) mass is 329 g/mol. The molecule has 0 saturated heterocycles. The summed E-state index contributed by atoms with van der Waals surface area (Å²) in [6.07, 6.45) is 3.34. The number of carbonyl (C=O) groups is 1. The Morgan fingerprint density at radius 2 is 2.00 bits per heavy atom. The van der Waals surface area contributed by atoms with Crippen LogP contribution in [0, 0.1) is 17.4 Å². The van der Waals surface area contributed by atoms with E-state index in [1.807, 2.05) is 20.9 Å². The minimum atomic E-state index is 0.00682. The summed E-state index contributed by atoms with van der Waals surface area (Å²) >= 11 is 2.27. The maximum atomic E-state index is 11.8. The van der Waals surface area contributed by atoms with Crippen LogP contribution in [-0.2, 0) is 4.79 Å². The first-order valence-electron chi connectivity index (χ1n) is 5.14. The van der Waals surface area contributed by atoms with Crippen molar-refractivity contribution in [3.8, 4) is 0 Å². The van der Waals surface area contributed by atoms with Crippen molar-refractivity contribution < 1.29 is 4.79 Å². The van der Waals surface area contributed by atoms with Crippen molar-refractivity contribution in [2.45, 2.75) is 20.8 Å². The van der Waals surface area contributed by atoms with Gasteiger partial charge in [-0.3, -0.25) is 4.79 Å². The van der Waals surface area contributed by atoms with E-state index in [1.165, 1.54) is 5.56 Å². The number of halogens is 1. The molecular weight excluding hydrogens is 313 g/mol. The molecule has 0 N–H and O–H groups in total. The fourth-order valence-electron chi connectivity index (χ4n) is 1.70. The van der Waals surface area contributed by atoms with Crippen molar-refractivity contribution in [2.75, 3.05) is 11.9 Å². The third kappa shape index (κ3) is 2.84. The van der Waals surface area contributed by atoms with Crippen LogP contribution in [0.3, 0.4) is 0 Å². The van der Waals surface area contributed by atoms with Gasteiger partial charge >= 0.3 is 0 Å². The normalized spacial score (nSPS) is 10.8. The van der Waals surface area contributed by atoms with Crippen LogP contribution in [0.1, 0.15) is 18.1 Å². The summed E-state index contributed by atoms with van der Waals surface area (Å²) in [5.41, 5.74) is 3.34. The summed E-state index contributed by atoms with van der Waals surface area (Å²) < 4.78 is 1.11. The molecule has 1 amide bonds. The van der Waals surface area contributed by atoms with Crippen molar-refractivity contribution in [1.82, 2.24) is 0 Å². The Kier molecular flexibility index (Phi) is 4.53. The molecule has 86 valence electrons. The third-order valence-electron chi connectivity index (χ3n) is 2.37. The third-order valence-corrected chi connectivity index (χ3v) is 3.20. The molecule has 0 saturated carbocycles. The molecule has 0 atom stereocenters. The van der Waals surface area contributed by atoms with Gasteiger partial charge in [-0.1, -0.05) is 12.1 Å². The Balaban J connectivity index is 3.18. The van der Waals surface area contributed by atoms with Crippen LogP contribution in [0.2, 0.25) is 0 Å². The van der Waals surface area contributed by atoms with E-state index in [1.54, 1.807) is 17.1 Å². The second-order valence-electron chi connectivity index (χ2n) is 3.81. The average Bonchev–Trinajstić information content (AvgIpc) is 2.16. The molecule has 0 heterocycles. The molecule has 2 nitrogen and oxygen atoms in total. The van der Waals surface area contributed by atoms with Crippen LogP contribution in [0.4, 0.5) is 5.69 Å². The Hall–Kier alpha value is -0.840. The highest BCUT2D eigenvalue weighted by Gasteiger charge is 2.13. The van der Waals surface area contributed by atoms with E-state index in [0.29, 0.717) is 0 Å². The number of benzene rings is 1. The number of carbonyl (C=O) groups excluding carboxylic acids is 1. The lowest BCUT2D eigenvalue weighted by atomic mass is 10.1. The van der Waals surface area contributed by atoms with E-state index in [0.717, 1.165) is 14.8 Å². The molecule has 0 unspecified atom stereocenters. The van der Waals surface area contributed by atoms with Crippen LogP contribution in [-0.4, -0.2) is 13.0 Å². The van der Waals surface area contributed by atoms with Gasteiger partial charge in [0.05, 0.1) is 5.69 Å². The second-order valence-corrected chi connectivity index (χ2v) is 4.97. The first-order chi connectivity index (χ1) is 7.47. The van der Waals surface area contributed by atoms with Crippen molar-refractivity contribution in [3.05, 3.63) is 39.0 Å². The molecule has 0 aromatic heterocycles. The van der Waals surface area contributed by atoms with Gasteiger partial charge in [-0.2, -0.15) is 0 Å². The Morgan fingerprint density at radius 3 is 2.50 bits per heavy atom. The van der Waals surface area contributed by atoms with Gasteiger partial charge in [0.1, 0.15) is 0 Å². The fraction of sp³-hybridized carbons (Fsp3) is 0.308. The van der Waals surface area contributed by atoms with Crippen LogP contribution >= 0.6 is 22.6 Å². The minimum absolute atomic E-state index is 0.00682. The van der Waals surface area contributed by atoms with E-state index in [9.17, 15) is 4.79 Å². The minimum Gasteiger partial charge on any atom is -0.311 e. The standard InChI is InChI=1S/C13H16INO/c1-5-6-12(16)15(4)13-10(3)7-9(2)8-11(13)14/h5-8H,1-4H3/b6-5+. The van der Waals surface area contributed by atoms with Crippen molar-refractivity contribution in [1.29, 1.82) is 0 Å². The van der Waals surface area contributed by atoms with Gasteiger partial charge in [0, 0.05) is 10.6 Å². The molecule has 1 aromatic rings. The largest absolute Gasteiger partial charge is 0.311 e. The number of allylic oxidation sites excluding steroid dienone is 1. The molecule has 0 radical (unpaired) electrons. The highest BCUT2D eigenvalue weighted by atomic mass is 127. The van der Waals surface area contributed by atoms with E-state index in [2.05, 4.69) is 41.6 Å². The number of anilines is 1. The average molecular weight is 329 g/mol. The first kappa shape index (κ1) is 13.2. The molecule has 0 aliphatic heterocycles. The Labute approximate surface area is 110 Å². The molecule has 0 aliphatic carbocycles. The summed E-state index contributed by atoms with van der Waals surface area (Å²) in [7, 11) is 1.81. The Morgan fingerprint density at radius 1 is 1.38 bits per heavy atom. The number of hydrogen-bond acceptors (Lipinski definition) is 1. The van der Waals surface area contributed by atoms with Crippen molar-refractivity contribution in [3.63, 3.8) is 0 Å². The SMILES string of the molecule is C/C=C/C(=O)N(C)c1c(C)cc(C)cc1I. The first-order valence-corrected chi connectivity index (χ1v) is 6.22. The highest BCUT2D eigenvalue weighted by Crippen LogP contribution is 2.27. The summed E-state index contributed by atoms with van der Waals surface area (Å²) in [4.78, 5) is 13.5. The van der Waals surface area contributed by atoms with E-state index in [-0.39, 0.29) is 5.91 Å². The number of amides is 1. The zero-order valence-electron chi connectivity index (χ0n) is 10.0. The molecule has 1 rings (SSSR count). The smallest absolute Gasteiger partial charge is 0.250 e. The highest BCUT2D eigenvalue weighted by molar-refractivity contribution is 14.1. The lowest BCUT2D eigenvalue weighted by Crippen LogP contribution is -2.25.